The van der Waals surface area contributed by atoms with Crippen molar-refractivity contribution in [2.24, 2.45) is 0 Å². The van der Waals surface area contributed by atoms with Crippen molar-refractivity contribution in [2.75, 3.05) is 13.2 Å². The number of rotatable bonds is 11. The van der Waals surface area contributed by atoms with E-state index in [0.29, 0.717) is 19.6 Å². The zero-order chi connectivity index (χ0) is 19.7. The highest BCUT2D eigenvalue weighted by molar-refractivity contribution is 5.93. The molecule has 0 aliphatic rings. The summed E-state index contributed by atoms with van der Waals surface area (Å²) >= 11 is 0. The van der Waals surface area contributed by atoms with Crippen LogP contribution < -0.4 is 0 Å². The number of carbonyl (C=O) groups excluding carboxylic acids is 1. The highest BCUT2D eigenvalue weighted by Crippen LogP contribution is 2.37. The van der Waals surface area contributed by atoms with Crippen molar-refractivity contribution in [3.05, 3.63) is 48.0 Å². The van der Waals surface area contributed by atoms with Crippen molar-refractivity contribution in [1.29, 1.82) is 0 Å². The van der Waals surface area contributed by atoms with Crippen LogP contribution in [-0.2, 0) is 19.7 Å². The normalized spacial score (nSPS) is 14.7. The van der Waals surface area contributed by atoms with E-state index in [1.807, 2.05) is 39.0 Å². The summed E-state index contributed by atoms with van der Waals surface area (Å²) in [4.78, 5) is 13.1. The van der Waals surface area contributed by atoms with Gasteiger partial charge in [-0.05, 0) is 49.9 Å². The lowest BCUT2D eigenvalue weighted by Crippen LogP contribution is -2.39. The van der Waals surface area contributed by atoms with Gasteiger partial charge in [0.2, 0.25) is 0 Å². The van der Waals surface area contributed by atoms with Gasteiger partial charge in [-0.1, -0.05) is 68.7 Å². The second-order valence-electron chi connectivity index (χ2n) is 7.36. The zero-order valence-electron chi connectivity index (χ0n) is 17.3. The molecule has 0 aliphatic carbocycles. The molecule has 2 atom stereocenters. The molecule has 148 valence electrons. The van der Waals surface area contributed by atoms with Gasteiger partial charge in [0.25, 0.3) is 0 Å². The van der Waals surface area contributed by atoms with E-state index in [0.717, 1.165) is 29.2 Å². The number of ether oxygens (including phenoxy) is 2. The van der Waals surface area contributed by atoms with Gasteiger partial charge in [0.05, 0.1) is 18.1 Å². The predicted molar refractivity (Wildman–Crippen MR) is 112 cm³/mol. The van der Waals surface area contributed by atoms with Crippen LogP contribution in [0.25, 0.3) is 10.8 Å². The van der Waals surface area contributed by atoms with Crippen molar-refractivity contribution in [3.8, 4) is 0 Å². The molecule has 3 heteroatoms. The molecule has 27 heavy (non-hydrogen) atoms. The molecule has 2 aromatic rings. The highest BCUT2D eigenvalue weighted by Gasteiger charge is 2.40. The number of benzene rings is 2. The maximum absolute atomic E-state index is 13.1. The summed E-state index contributed by atoms with van der Waals surface area (Å²) in [5, 5.41) is 2.25. The Morgan fingerprint density at radius 2 is 1.74 bits per heavy atom. The lowest BCUT2D eigenvalue weighted by atomic mass is 9.75. The molecular formula is C24H34O3. The van der Waals surface area contributed by atoms with Gasteiger partial charge in [-0.2, -0.15) is 0 Å². The summed E-state index contributed by atoms with van der Waals surface area (Å²) in [7, 11) is 0. The molecule has 0 aliphatic heterocycles. The zero-order valence-corrected chi connectivity index (χ0v) is 17.3. The van der Waals surface area contributed by atoms with E-state index < -0.39 is 5.41 Å². The van der Waals surface area contributed by atoms with E-state index in [4.69, 9.17) is 9.47 Å². The third kappa shape index (κ3) is 5.32. The first-order valence-electron chi connectivity index (χ1n) is 10.3. The Labute approximate surface area is 164 Å². The van der Waals surface area contributed by atoms with Crippen LogP contribution in [0.3, 0.4) is 0 Å². The summed E-state index contributed by atoms with van der Waals surface area (Å²) in [5.74, 6) is -0.165. The van der Waals surface area contributed by atoms with Crippen LogP contribution in [0.15, 0.2) is 42.5 Å². The monoisotopic (exact) mass is 370 g/mol. The number of hydrogen-bond acceptors (Lipinski definition) is 3. The van der Waals surface area contributed by atoms with E-state index >= 15 is 0 Å². The van der Waals surface area contributed by atoms with Gasteiger partial charge in [0, 0.05) is 6.61 Å². The van der Waals surface area contributed by atoms with Crippen molar-refractivity contribution in [1.82, 2.24) is 0 Å². The van der Waals surface area contributed by atoms with Crippen molar-refractivity contribution in [2.45, 2.75) is 71.3 Å². The summed E-state index contributed by atoms with van der Waals surface area (Å²) in [6.07, 6.45) is 5.15. The van der Waals surface area contributed by atoms with E-state index in [9.17, 15) is 4.79 Å². The third-order valence-electron chi connectivity index (χ3n) is 5.28. The van der Waals surface area contributed by atoms with Crippen molar-refractivity contribution < 1.29 is 14.3 Å². The molecule has 0 N–H and O–H groups in total. The molecule has 2 aromatic carbocycles. The van der Waals surface area contributed by atoms with Crippen LogP contribution in [0.4, 0.5) is 0 Å². The second kappa shape index (κ2) is 10.5. The summed E-state index contributed by atoms with van der Waals surface area (Å²) in [6.45, 7) is 9.14. The van der Waals surface area contributed by atoms with Crippen LogP contribution in [0.5, 0.6) is 0 Å². The van der Waals surface area contributed by atoms with Gasteiger partial charge in [0.1, 0.15) is 0 Å². The molecule has 3 nitrogen and oxygen atoms in total. The fourth-order valence-corrected chi connectivity index (χ4v) is 3.86. The smallest absolute Gasteiger partial charge is 0.316 e. The first kappa shape index (κ1) is 21.4. The van der Waals surface area contributed by atoms with Crippen LogP contribution in [-0.4, -0.2) is 25.3 Å². The Hall–Kier alpha value is -1.87. The molecule has 0 heterocycles. The van der Waals surface area contributed by atoms with E-state index in [1.165, 1.54) is 12.8 Å². The molecule has 0 spiro atoms. The Balaban J connectivity index is 2.43. The van der Waals surface area contributed by atoms with Gasteiger partial charge in [-0.25, -0.2) is 0 Å². The Morgan fingerprint density at radius 3 is 2.44 bits per heavy atom. The van der Waals surface area contributed by atoms with Gasteiger partial charge >= 0.3 is 5.97 Å². The van der Waals surface area contributed by atoms with Gasteiger partial charge in [-0.3, -0.25) is 4.79 Å². The number of hydrogen-bond donors (Lipinski definition) is 0. The molecule has 0 bridgehead atoms. The van der Waals surface area contributed by atoms with E-state index in [2.05, 4.69) is 31.2 Å². The minimum atomic E-state index is -0.733. The molecule has 2 unspecified atom stereocenters. The van der Waals surface area contributed by atoms with Crippen molar-refractivity contribution >= 4 is 16.7 Å². The predicted octanol–water partition coefficient (Wildman–Crippen LogP) is 6.04. The molecule has 0 fully saturated rings. The van der Waals surface area contributed by atoms with Crippen LogP contribution in [0.1, 0.15) is 65.4 Å². The van der Waals surface area contributed by atoms with Gasteiger partial charge in [-0.15, -0.1) is 0 Å². The topological polar surface area (TPSA) is 35.5 Å². The lowest BCUT2D eigenvalue weighted by Gasteiger charge is -2.32. The van der Waals surface area contributed by atoms with Gasteiger partial charge in [0.15, 0.2) is 0 Å². The molecule has 0 aromatic heterocycles. The standard InChI is InChI=1S/C24H34O3/c1-5-8-9-15-20(26-6-2)18-24(4,23(25)27-7-3)22-17-12-14-19-13-10-11-16-21(19)22/h10-14,16-17,20H,5-9,15,18H2,1-4H3. The number of unbranched alkanes of at least 4 members (excludes halogenated alkanes) is 2. The molecule has 2 rings (SSSR count). The molecule has 0 radical (unpaired) electrons. The maximum Gasteiger partial charge on any atom is 0.316 e. The number of fused-ring (bicyclic) bond motifs is 1. The van der Waals surface area contributed by atoms with Crippen LogP contribution >= 0.6 is 0 Å². The van der Waals surface area contributed by atoms with Gasteiger partial charge < -0.3 is 9.47 Å². The molecular weight excluding hydrogens is 336 g/mol. The summed E-state index contributed by atoms with van der Waals surface area (Å²) in [5.41, 5.74) is 0.294. The molecule has 0 saturated carbocycles. The van der Waals surface area contributed by atoms with E-state index in [-0.39, 0.29) is 12.1 Å². The fraction of sp³-hybridized carbons (Fsp3) is 0.542. The third-order valence-corrected chi connectivity index (χ3v) is 5.28. The average Bonchev–Trinajstić information content (AvgIpc) is 2.68. The number of esters is 1. The number of carbonyl (C=O) groups is 1. The highest BCUT2D eigenvalue weighted by atomic mass is 16.5. The van der Waals surface area contributed by atoms with Crippen LogP contribution in [0, 0.1) is 0 Å². The largest absolute Gasteiger partial charge is 0.465 e. The minimum absolute atomic E-state index is 0.0509. The SMILES string of the molecule is CCCCCC(CC(C)(C(=O)OCC)c1cccc2ccccc12)OCC. The first-order valence-corrected chi connectivity index (χ1v) is 10.3. The lowest BCUT2D eigenvalue weighted by molar-refractivity contribution is -0.151. The maximum atomic E-state index is 13.1. The molecule has 0 amide bonds. The van der Waals surface area contributed by atoms with Crippen LogP contribution in [0.2, 0.25) is 0 Å². The average molecular weight is 371 g/mol. The molecule has 0 saturated heterocycles. The van der Waals surface area contributed by atoms with E-state index in [1.54, 1.807) is 0 Å². The summed E-state index contributed by atoms with van der Waals surface area (Å²) < 4.78 is 11.6. The summed E-state index contributed by atoms with van der Waals surface area (Å²) in [6, 6.07) is 14.4. The fourth-order valence-electron chi connectivity index (χ4n) is 3.86. The van der Waals surface area contributed by atoms with Crippen molar-refractivity contribution in [3.63, 3.8) is 0 Å². The Kier molecular flexibility index (Phi) is 8.30. The second-order valence-corrected chi connectivity index (χ2v) is 7.36. The minimum Gasteiger partial charge on any atom is -0.465 e. The Bertz CT molecular complexity index is 719. The first-order chi connectivity index (χ1) is 13.1. The quantitative estimate of drug-likeness (QED) is 0.357. The Morgan fingerprint density at radius 1 is 1.00 bits per heavy atom.